The molecule has 2 fully saturated rings. The summed E-state index contributed by atoms with van der Waals surface area (Å²) in [5.41, 5.74) is 2.74. The lowest BCUT2D eigenvalue weighted by molar-refractivity contribution is -0.133. The minimum Gasteiger partial charge on any atom is -0.508 e. The number of rotatable bonds is 4. The van der Waals surface area contributed by atoms with Crippen molar-refractivity contribution in [3.8, 4) is 5.75 Å². The fourth-order valence-electron chi connectivity index (χ4n) is 4.46. The summed E-state index contributed by atoms with van der Waals surface area (Å²) in [4.78, 5) is 17.1. The number of hydrogen-bond acceptors (Lipinski definition) is 3. The number of phenols is 1. The first-order valence-electron chi connectivity index (χ1n) is 10.1. The SMILES string of the molecule is Cc1ccc(CN2CCC(N3CCC(c4ccc(O)cc4)CC3)C2=O)cc1F. The van der Waals surface area contributed by atoms with Crippen molar-refractivity contribution in [3.63, 3.8) is 0 Å². The molecule has 2 aliphatic rings. The number of carbonyl (C=O) groups is 1. The predicted molar refractivity (Wildman–Crippen MR) is 107 cm³/mol. The van der Waals surface area contributed by atoms with Crippen molar-refractivity contribution in [2.45, 2.75) is 44.7 Å². The highest BCUT2D eigenvalue weighted by Crippen LogP contribution is 2.31. The second kappa shape index (κ2) is 7.92. The summed E-state index contributed by atoms with van der Waals surface area (Å²) in [5.74, 6) is 0.743. The number of piperidine rings is 1. The highest BCUT2D eigenvalue weighted by molar-refractivity contribution is 5.84. The van der Waals surface area contributed by atoms with E-state index in [1.54, 1.807) is 31.2 Å². The first-order valence-corrected chi connectivity index (χ1v) is 10.1. The van der Waals surface area contributed by atoms with E-state index in [0.29, 0.717) is 23.8 Å². The molecule has 0 bridgehead atoms. The van der Waals surface area contributed by atoms with Crippen LogP contribution in [-0.2, 0) is 11.3 Å². The Morgan fingerprint density at radius 1 is 1.04 bits per heavy atom. The maximum Gasteiger partial charge on any atom is 0.240 e. The van der Waals surface area contributed by atoms with Crippen molar-refractivity contribution in [1.82, 2.24) is 9.80 Å². The largest absolute Gasteiger partial charge is 0.508 e. The molecule has 2 heterocycles. The van der Waals surface area contributed by atoms with Crippen molar-refractivity contribution in [1.29, 1.82) is 0 Å². The molecular weight excluding hydrogens is 355 g/mol. The molecule has 0 aromatic heterocycles. The number of nitrogens with zero attached hydrogens (tertiary/aromatic N) is 2. The van der Waals surface area contributed by atoms with Gasteiger partial charge >= 0.3 is 0 Å². The quantitative estimate of drug-likeness (QED) is 0.874. The molecule has 1 amide bonds. The lowest BCUT2D eigenvalue weighted by Crippen LogP contribution is -2.45. The second-order valence-electron chi connectivity index (χ2n) is 8.05. The Hall–Kier alpha value is -2.40. The first-order chi connectivity index (χ1) is 13.5. The molecule has 1 unspecified atom stereocenters. The van der Waals surface area contributed by atoms with Crippen molar-refractivity contribution in [2.75, 3.05) is 19.6 Å². The highest BCUT2D eigenvalue weighted by Gasteiger charge is 2.37. The van der Waals surface area contributed by atoms with E-state index in [2.05, 4.69) is 4.90 Å². The van der Waals surface area contributed by atoms with Gasteiger partial charge < -0.3 is 10.0 Å². The average molecular weight is 382 g/mol. The van der Waals surface area contributed by atoms with Gasteiger partial charge in [0.15, 0.2) is 0 Å². The van der Waals surface area contributed by atoms with Crippen LogP contribution in [-0.4, -0.2) is 46.5 Å². The van der Waals surface area contributed by atoms with Gasteiger partial charge in [-0.25, -0.2) is 4.39 Å². The molecule has 5 heteroatoms. The maximum atomic E-state index is 13.8. The number of phenolic OH excluding ortho intramolecular Hbond substituents is 1. The fourth-order valence-corrected chi connectivity index (χ4v) is 4.46. The van der Waals surface area contributed by atoms with Gasteiger partial charge in [-0.05, 0) is 80.1 Å². The summed E-state index contributed by atoms with van der Waals surface area (Å²) in [6, 6.07) is 12.7. The summed E-state index contributed by atoms with van der Waals surface area (Å²) >= 11 is 0. The van der Waals surface area contributed by atoms with Crippen LogP contribution in [0.3, 0.4) is 0 Å². The molecule has 2 aromatic carbocycles. The first kappa shape index (κ1) is 18.9. The second-order valence-corrected chi connectivity index (χ2v) is 8.05. The number of aryl methyl sites for hydroxylation is 1. The normalized spacial score (nSPS) is 21.4. The zero-order valence-electron chi connectivity index (χ0n) is 16.3. The molecule has 2 saturated heterocycles. The number of amides is 1. The van der Waals surface area contributed by atoms with Crippen LogP contribution in [0.1, 0.15) is 41.9 Å². The third-order valence-corrected chi connectivity index (χ3v) is 6.21. The Morgan fingerprint density at radius 3 is 2.43 bits per heavy atom. The molecule has 0 spiro atoms. The Kier molecular flexibility index (Phi) is 5.36. The third kappa shape index (κ3) is 3.90. The lowest BCUT2D eigenvalue weighted by atomic mass is 9.89. The molecular formula is C23H27FN2O2. The van der Waals surface area contributed by atoms with Gasteiger partial charge in [-0.15, -0.1) is 0 Å². The zero-order chi connectivity index (χ0) is 19.7. The van der Waals surface area contributed by atoms with Crippen LogP contribution >= 0.6 is 0 Å². The van der Waals surface area contributed by atoms with Gasteiger partial charge in [0, 0.05) is 13.1 Å². The number of hydrogen-bond donors (Lipinski definition) is 1. The number of halogens is 1. The van der Waals surface area contributed by atoms with Gasteiger partial charge in [-0.2, -0.15) is 0 Å². The van der Waals surface area contributed by atoms with Crippen molar-refractivity contribution in [3.05, 3.63) is 65.0 Å². The van der Waals surface area contributed by atoms with Crippen molar-refractivity contribution < 1.29 is 14.3 Å². The van der Waals surface area contributed by atoms with Crippen LogP contribution in [0.15, 0.2) is 42.5 Å². The molecule has 2 aliphatic heterocycles. The van der Waals surface area contributed by atoms with E-state index >= 15 is 0 Å². The van der Waals surface area contributed by atoms with Gasteiger partial charge in [0.2, 0.25) is 5.91 Å². The molecule has 0 radical (unpaired) electrons. The molecule has 4 rings (SSSR count). The van der Waals surface area contributed by atoms with E-state index in [9.17, 15) is 14.3 Å². The summed E-state index contributed by atoms with van der Waals surface area (Å²) < 4.78 is 13.8. The van der Waals surface area contributed by atoms with E-state index in [4.69, 9.17) is 0 Å². The van der Waals surface area contributed by atoms with E-state index in [0.717, 1.165) is 44.5 Å². The Labute approximate surface area is 165 Å². The van der Waals surface area contributed by atoms with Crippen LogP contribution in [0.5, 0.6) is 5.75 Å². The number of likely N-dealkylation sites (tertiary alicyclic amines) is 2. The van der Waals surface area contributed by atoms with E-state index in [-0.39, 0.29) is 17.8 Å². The average Bonchev–Trinajstić information content (AvgIpc) is 3.06. The molecule has 1 atom stereocenters. The topological polar surface area (TPSA) is 43.8 Å². The van der Waals surface area contributed by atoms with Gasteiger partial charge in [0.1, 0.15) is 11.6 Å². The summed E-state index contributed by atoms with van der Waals surface area (Å²) in [6.45, 7) is 4.79. The summed E-state index contributed by atoms with van der Waals surface area (Å²) in [7, 11) is 0. The maximum absolute atomic E-state index is 13.8. The van der Waals surface area contributed by atoms with E-state index in [1.165, 1.54) is 5.56 Å². The minimum atomic E-state index is -0.211. The molecule has 148 valence electrons. The molecule has 2 aromatic rings. The molecule has 1 N–H and O–H groups in total. The van der Waals surface area contributed by atoms with Gasteiger partial charge in [-0.3, -0.25) is 9.69 Å². The number of carbonyl (C=O) groups excluding carboxylic acids is 1. The van der Waals surface area contributed by atoms with Gasteiger partial charge in [0.05, 0.1) is 6.04 Å². The Bertz CT molecular complexity index is 844. The highest BCUT2D eigenvalue weighted by atomic mass is 19.1. The number of aromatic hydroxyl groups is 1. The van der Waals surface area contributed by atoms with E-state index in [1.807, 2.05) is 23.1 Å². The smallest absolute Gasteiger partial charge is 0.240 e. The van der Waals surface area contributed by atoms with Gasteiger partial charge in [-0.1, -0.05) is 24.3 Å². The zero-order valence-corrected chi connectivity index (χ0v) is 16.3. The molecule has 0 saturated carbocycles. The van der Waals surface area contributed by atoms with Crippen LogP contribution in [0.2, 0.25) is 0 Å². The van der Waals surface area contributed by atoms with Gasteiger partial charge in [0.25, 0.3) is 0 Å². The number of benzene rings is 2. The van der Waals surface area contributed by atoms with Crippen LogP contribution in [0.25, 0.3) is 0 Å². The lowest BCUT2D eigenvalue weighted by Gasteiger charge is -2.35. The van der Waals surface area contributed by atoms with Crippen LogP contribution < -0.4 is 0 Å². The predicted octanol–water partition coefficient (Wildman–Crippen LogP) is 3.82. The standard InChI is InChI=1S/C23H27FN2O2/c1-16-2-3-17(14-21(16)24)15-26-13-10-22(23(26)28)25-11-8-19(9-12-25)18-4-6-20(27)7-5-18/h2-7,14,19,22,27H,8-13,15H2,1H3. The van der Waals surface area contributed by atoms with Crippen molar-refractivity contribution in [2.24, 2.45) is 0 Å². The molecule has 4 nitrogen and oxygen atoms in total. The minimum absolute atomic E-state index is 0.0453. The molecule has 28 heavy (non-hydrogen) atoms. The van der Waals surface area contributed by atoms with E-state index < -0.39 is 0 Å². The van der Waals surface area contributed by atoms with Crippen LogP contribution in [0, 0.1) is 12.7 Å². The van der Waals surface area contributed by atoms with Crippen LogP contribution in [0.4, 0.5) is 4.39 Å². The Morgan fingerprint density at radius 2 is 1.75 bits per heavy atom. The molecule has 0 aliphatic carbocycles. The van der Waals surface area contributed by atoms with Crippen molar-refractivity contribution >= 4 is 5.91 Å². The fraction of sp³-hybridized carbons (Fsp3) is 0.435. The monoisotopic (exact) mass is 382 g/mol. The summed E-state index contributed by atoms with van der Waals surface area (Å²) in [6.07, 6.45) is 2.90. The Balaban J connectivity index is 1.34. The third-order valence-electron chi connectivity index (χ3n) is 6.21. The summed E-state index contributed by atoms with van der Waals surface area (Å²) in [5, 5.41) is 9.46.